The molecule has 0 unspecified atom stereocenters. The molecule has 0 radical (unpaired) electrons. The molecule has 0 aromatic carbocycles. The zero-order chi connectivity index (χ0) is 18.6. The van der Waals surface area contributed by atoms with E-state index < -0.39 is 0 Å². The average molecular weight is 368 g/mol. The molecule has 27 heavy (non-hydrogen) atoms. The lowest BCUT2D eigenvalue weighted by Gasteiger charge is -2.33. The standard InChI is InChI=1S/C18H24N8O/c1-2-24-5-7-25(8-6-24)9-10-27-17-4-3-16-20-13-15(26(16)23-17)14-11-21-18(19)22-12-14/h3-4,11-13H,2,5-10H2,1H3,(H2,19,21,22). The van der Waals surface area contributed by atoms with E-state index in [2.05, 4.69) is 36.8 Å². The van der Waals surface area contributed by atoms with E-state index >= 15 is 0 Å². The van der Waals surface area contributed by atoms with Crippen LogP contribution in [0.5, 0.6) is 5.88 Å². The second-order valence-electron chi connectivity index (χ2n) is 6.54. The lowest BCUT2D eigenvalue weighted by molar-refractivity contribution is 0.119. The lowest BCUT2D eigenvalue weighted by atomic mass is 10.3. The van der Waals surface area contributed by atoms with E-state index in [4.69, 9.17) is 10.5 Å². The second kappa shape index (κ2) is 7.85. The summed E-state index contributed by atoms with van der Waals surface area (Å²) in [6.07, 6.45) is 5.07. The third-order valence-corrected chi connectivity index (χ3v) is 4.88. The van der Waals surface area contributed by atoms with Gasteiger partial charge in [-0.1, -0.05) is 6.92 Å². The van der Waals surface area contributed by atoms with Crippen molar-refractivity contribution in [1.29, 1.82) is 0 Å². The van der Waals surface area contributed by atoms with Crippen LogP contribution in [0.15, 0.2) is 30.7 Å². The molecule has 0 aliphatic carbocycles. The molecule has 1 saturated heterocycles. The summed E-state index contributed by atoms with van der Waals surface area (Å²) in [6.45, 7) is 9.28. The number of ether oxygens (including phenoxy) is 1. The van der Waals surface area contributed by atoms with E-state index in [-0.39, 0.29) is 5.95 Å². The van der Waals surface area contributed by atoms with Crippen molar-refractivity contribution >= 4 is 11.6 Å². The average Bonchev–Trinajstić information content (AvgIpc) is 3.12. The number of aromatic nitrogens is 5. The Kier molecular flexibility index (Phi) is 5.12. The first-order valence-electron chi connectivity index (χ1n) is 9.23. The molecular weight excluding hydrogens is 344 g/mol. The van der Waals surface area contributed by atoms with Crippen LogP contribution in [0.4, 0.5) is 5.95 Å². The fraction of sp³-hybridized carbons (Fsp3) is 0.444. The number of rotatable bonds is 6. The van der Waals surface area contributed by atoms with Crippen molar-refractivity contribution in [3.05, 3.63) is 30.7 Å². The van der Waals surface area contributed by atoms with Crippen LogP contribution >= 0.6 is 0 Å². The van der Waals surface area contributed by atoms with Crippen molar-refractivity contribution in [3.8, 4) is 17.1 Å². The zero-order valence-corrected chi connectivity index (χ0v) is 15.5. The van der Waals surface area contributed by atoms with Crippen molar-refractivity contribution in [2.45, 2.75) is 6.92 Å². The van der Waals surface area contributed by atoms with Gasteiger partial charge in [0.25, 0.3) is 0 Å². The summed E-state index contributed by atoms with van der Waals surface area (Å²) in [6, 6.07) is 3.74. The third kappa shape index (κ3) is 3.99. The van der Waals surface area contributed by atoms with E-state index in [1.54, 1.807) is 23.1 Å². The van der Waals surface area contributed by atoms with Gasteiger partial charge in [-0.2, -0.15) is 0 Å². The molecule has 0 saturated carbocycles. The maximum atomic E-state index is 5.88. The molecule has 1 aliphatic heterocycles. The van der Waals surface area contributed by atoms with E-state index in [9.17, 15) is 0 Å². The Bertz CT molecular complexity index is 886. The summed E-state index contributed by atoms with van der Waals surface area (Å²) in [5.41, 5.74) is 7.90. The van der Waals surface area contributed by atoms with Gasteiger partial charge < -0.3 is 15.4 Å². The highest BCUT2D eigenvalue weighted by Crippen LogP contribution is 2.20. The Morgan fingerprint density at radius 2 is 1.74 bits per heavy atom. The minimum absolute atomic E-state index is 0.240. The predicted molar refractivity (Wildman–Crippen MR) is 102 cm³/mol. The molecule has 4 heterocycles. The SMILES string of the molecule is CCN1CCN(CCOc2ccc3ncc(-c4cnc(N)nc4)n3n2)CC1. The summed E-state index contributed by atoms with van der Waals surface area (Å²) in [5, 5.41) is 4.56. The molecule has 1 fully saturated rings. The summed E-state index contributed by atoms with van der Waals surface area (Å²) in [4.78, 5) is 17.3. The van der Waals surface area contributed by atoms with Crippen LogP contribution in [-0.4, -0.2) is 80.2 Å². The number of nitrogen functional groups attached to an aromatic ring is 1. The number of fused-ring (bicyclic) bond motifs is 1. The van der Waals surface area contributed by atoms with Gasteiger partial charge in [-0.05, 0) is 12.6 Å². The third-order valence-electron chi connectivity index (χ3n) is 4.88. The van der Waals surface area contributed by atoms with E-state index in [1.807, 2.05) is 12.1 Å². The van der Waals surface area contributed by atoms with Crippen LogP contribution in [-0.2, 0) is 0 Å². The molecule has 9 nitrogen and oxygen atoms in total. The van der Waals surface area contributed by atoms with Gasteiger partial charge in [-0.25, -0.2) is 19.5 Å². The normalized spacial score (nSPS) is 16.0. The molecule has 1 aliphatic rings. The van der Waals surface area contributed by atoms with Gasteiger partial charge in [0, 0.05) is 56.7 Å². The van der Waals surface area contributed by atoms with Crippen LogP contribution in [0.25, 0.3) is 16.9 Å². The minimum Gasteiger partial charge on any atom is -0.475 e. The molecule has 0 spiro atoms. The van der Waals surface area contributed by atoms with Crippen LogP contribution in [0.1, 0.15) is 6.92 Å². The van der Waals surface area contributed by atoms with Crippen LogP contribution < -0.4 is 10.5 Å². The first-order valence-corrected chi connectivity index (χ1v) is 9.23. The Hall–Kier alpha value is -2.78. The summed E-state index contributed by atoms with van der Waals surface area (Å²) in [5.74, 6) is 0.814. The number of hydrogen-bond donors (Lipinski definition) is 1. The molecule has 142 valence electrons. The first kappa shape index (κ1) is 17.6. The largest absolute Gasteiger partial charge is 0.475 e. The number of imidazole rings is 1. The lowest BCUT2D eigenvalue weighted by Crippen LogP contribution is -2.47. The Morgan fingerprint density at radius 1 is 1.00 bits per heavy atom. The van der Waals surface area contributed by atoms with Gasteiger partial charge in [-0.3, -0.25) is 4.90 Å². The Balaban J connectivity index is 1.41. The number of nitrogens with zero attached hydrogens (tertiary/aromatic N) is 7. The topological polar surface area (TPSA) is 97.7 Å². The van der Waals surface area contributed by atoms with Gasteiger partial charge in [0.1, 0.15) is 6.61 Å². The van der Waals surface area contributed by atoms with Crippen LogP contribution in [0.3, 0.4) is 0 Å². The number of likely N-dealkylation sites (N-methyl/N-ethyl adjacent to an activating group) is 1. The predicted octanol–water partition coefficient (Wildman–Crippen LogP) is 0.785. The van der Waals surface area contributed by atoms with E-state index in [0.717, 1.165) is 56.2 Å². The molecule has 2 N–H and O–H groups in total. The van der Waals surface area contributed by atoms with E-state index in [1.165, 1.54) is 0 Å². The fourth-order valence-corrected chi connectivity index (χ4v) is 3.21. The quantitative estimate of drug-likeness (QED) is 0.682. The van der Waals surface area contributed by atoms with Gasteiger partial charge in [-0.15, -0.1) is 5.10 Å². The smallest absolute Gasteiger partial charge is 0.231 e. The maximum Gasteiger partial charge on any atom is 0.231 e. The number of anilines is 1. The molecule has 9 heteroatoms. The monoisotopic (exact) mass is 368 g/mol. The van der Waals surface area contributed by atoms with Gasteiger partial charge in [0.15, 0.2) is 5.65 Å². The molecule has 4 rings (SSSR count). The summed E-state index contributed by atoms with van der Waals surface area (Å²) in [7, 11) is 0. The van der Waals surface area contributed by atoms with Crippen molar-refractivity contribution in [2.24, 2.45) is 0 Å². The number of hydrogen-bond acceptors (Lipinski definition) is 8. The zero-order valence-electron chi connectivity index (χ0n) is 15.5. The van der Waals surface area contributed by atoms with Crippen molar-refractivity contribution in [3.63, 3.8) is 0 Å². The molecule has 3 aromatic rings. The molecular formula is C18H24N8O. The van der Waals surface area contributed by atoms with Crippen molar-refractivity contribution in [2.75, 3.05) is 51.6 Å². The molecule has 3 aromatic heterocycles. The van der Waals surface area contributed by atoms with Gasteiger partial charge in [0.2, 0.25) is 11.8 Å². The fourth-order valence-electron chi connectivity index (χ4n) is 3.21. The molecule has 0 bridgehead atoms. The molecule has 0 atom stereocenters. The van der Waals surface area contributed by atoms with Crippen molar-refractivity contribution < 1.29 is 4.74 Å². The van der Waals surface area contributed by atoms with Crippen LogP contribution in [0.2, 0.25) is 0 Å². The first-order chi connectivity index (χ1) is 13.2. The number of piperazine rings is 1. The van der Waals surface area contributed by atoms with Crippen molar-refractivity contribution in [1.82, 2.24) is 34.4 Å². The Labute approximate surface area is 157 Å². The Morgan fingerprint density at radius 3 is 2.48 bits per heavy atom. The minimum atomic E-state index is 0.240. The van der Waals surface area contributed by atoms with Crippen LogP contribution in [0, 0.1) is 0 Å². The summed E-state index contributed by atoms with van der Waals surface area (Å²) >= 11 is 0. The molecule has 0 amide bonds. The highest BCUT2D eigenvalue weighted by atomic mass is 16.5. The number of nitrogens with two attached hydrogens (primary N) is 1. The second-order valence-corrected chi connectivity index (χ2v) is 6.54. The van der Waals surface area contributed by atoms with Gasteiger partial charge >= 0.3 is 0 Å². The highest BCUT2D eigenvalue weighted by Gasteiger charge is 2.15. The summed E-state index contributed by atoms with van der Waals surface area (Å²) < 4.78 is 7.62. The van der Waals surface area contributed by atoms with E-state index in [0.29, 0.717) is 12.5 Å². The highest BCUT2D eigenvalue weighted by molar-refractivity contribution is 5.61. The maximum absolute atomic E-state index is 5.88. The van der Waals surface area contributed by atoms with Gasteiger partial charge in [0.05, 0.1) is 11.9 Å².